The molecule has 3 rings (SSSR count). The van der Waals surface area contributed by atoms with Crippen LogP contribution in [0.2, 0.25) is 0 Å². The van der Waals surface area contributed by atoms with Gasteiger partial charge in [0, 0.05) is 13.1 Å². The van der Waals surface area contributed by atoms with Crippen LogP contribution in [0.25, 0.3) is 5.69 Å². The number of tetrazole rings is 1. The van der Waals surface area contributed by atoms with E-state index in [-0.39, 0.29) is 18.1 Å². The van der Waals surface area contributed by atoms with Gasteiger partial charge in [0.25, 0.3) is 0 Å². The Morgan fingerprint density at radius 2 is 1.88 bits per heavy atom. The number of morpholine rings is 1. The highest BCUT2D eigenvalue weighted by Gasteiger charge is 2.26. The van der Waals surface area contributed by atoms with E-state index in [2.05, 4.69) is 15.5 Å². The lowest BCUT2D eigenvalue weighted by Gasteiger charge is -2.35. The first-order valence-electron chi connectivity index (χ1n) is 8.36. The van der Waals surface area contributed by atoms with Gasteiger partial charge in [0.05, 0.1) is 23.6 Å². The van der Waals surface area contributed by atoms with Crippen LogP contribution in [0.4, 0.5) is 0 Å². The molecule has 2 heterocycles. The van der Waals surface area contributed by atoms with Crippen LogP contribution in [-0.4, -0.2) is 62.1 Å². The van der Waals surface area contributed by atoms with E-state index < -0.39 is 0 Å². The summed E-state index contributed by atoms with van der Waals surface area (Å²) < 4.78 is 7.40. The van der Waals surface area contributed by atoms with Crippen LogP contribution in [0.15, 0.2) is 23.4 Å². The van der Waals surface area contributed by atoms with Crippen molar-refractivity contribution in [2.24, 2.45) is 0 Å². The van der Waals surface area contributed by atoms with Gasteiger partial charge in [-0.2, -0.15) is 4.68 Å². The summed E-state index contributed by atoms with van der Waals surface area (Å²) in [5, 5.41) is 12.6. The Labute approximate surface area is 151 Å². The molecule has 1 amide bonds. The fourth-order valence-electron chi connectivity index (χ4n) is 3.15. The Kier molecular flexibility index (Phi) is 5.39. The molecule has 1 aromatic carbocycles. The standard InChI is InChI=1S/C17H23N5O2S/c1-11-6-5-7-12(2)16(11)22-17(18-19-20-22)25-10-15(23)21-8-13(3)24-14(4)9-21/h5-7,13-14H,8-10H2,1-4H3/t13-,14-/m0/s1. The van der Waals surface area contributed by atoms with Crippen molar-refractivity contribution >= 4 is 17.7 Å². The Morgan fingerprint density at radius 3 is 2.52 bits per heavy atom. The zero-order valence-electron chi connectivity index (χ0n) is 15.0. The largest absolute Gasteiger partial charge is 0.372 e. The van der Waals surface area contributed by atoms with Crippen LogP contribution in [0.3, 0.4) is 0 Å². The molecule has 8 heteroatoms. The Morgan fingerprint density at radius 1 is 1.24 bits per heavy atom. The van der Waals surface area contributed by atoms with Gasteiger partial charge in [-0.1, -0.05) is 30.0 Å². The molecule has 0 aliphatic carbocycles. The SMILES string of the molecule is Cc1cccc(C)c1-n1nnnc1SCC(=O)N1C[C@H](C)O[C@@H](C)C1. The first-order chi connectivity index (χ1) is 12.0. The van der Waals surface area contributed by atoms with Gasteiger partial charge in [0.1, 0.15) is 0 Å². The lowest BCUT2D eigenvalue weighted by Crippen LogP contribution is -2.48. The lowest BCUT2D eigenvalue weighted by molar-refractivity contribution is -0.140. The van der Waals surface area contributed by atoms with Gasteiger partial charge in [0.2, 0.25) is 11.1 Å². The highest BCUT2D eigenvalue weighted by Crippen LogP contribution is 2.24. The predicted molar refractivity (Wildman–Crippen MR) is 95.9 cm³/mol. The molecule has 1 fully saturated rings. The maximum atomic E-state index is 12.5. The number of aromatic nitrogens is 4. The number of ether oxygens (including phenoxy) is 1. The lowest BCUT2D eigenvalue weighted by atomic mass is 10.1. The monoisotopic (exact) mass is 361 g/mol. The minimum absolute atomic E-state index is 0.0673. The van der Waals surface area contributed by atoms with Crippen LogP contribution >= 0.6 is 11.8 Å². The quantitative estimate of drug-likeness (QED) is 0.776. The smallest absolute Gasteiger partial charge is 0.233 e. The summed E-state index contributed by atoms with van der Waals surface area (Å²) in [7, 11) is 0. The molecule has 25 heavy (non-hydrogen) atoms. The summed E-state index contributed by atoms with van der Waals surface area (Å²) in [5.74, 6) is 0.396. The third kappa shape index (κ3) is 4.01. The molecular formula is C17H23N5O2S. The van der Waals surface area contributed by atoms with Gasteiger partial charge >= 0.3 is 0 Å². The van der Waals surface area contributed by atoms with Crippen LogP contribution < -0.4 is 0 Å². The molecule has 1 saturated heterocycles. The maximum Gasteiger partial charge on any atom is 0.233 e. The first kappa shape index (κ1) is 17.9. The van der Waals surface area contributed by atoms with E-state index in [9.17, 15) is 4.79 Å². The number of thioether (sulfide) groups is 1. The van der Waals surface area contributed by atoms with Gasteiger partial charge in [0.15, 0.2) is 0 Å². The van der Waals surface area contributed by atoms with E-state index in [0.29, 0.717) is 24.0 Å². The van der Waals surface area contributed by atoms with Crippen LogP contribution in [0.1, 0.15) is 25.0 Å². The summed E-state index contributed by atoms with van der Waals surface area (Å²) in [4.78, 5) is 14.4. The van der Waals surface area contributed by atoms with Gasteiger partial charge in [-0.25, -0.2) is 0 Å². The average Bonchev–Trinajstić information content (AvgIpc) is 2.99. The molecule has 1 aliphatic rings. The molecule has 134 valence electrons. The number of aryl methyl sites for hydroxylation is 2. The fraction of sp³-hybridized carbons (Fsp3) is 0.529. The Bertz CT molecular complexity index is 733. The second-order valence-corrected chi connectivity index (χ2v) is 7.40. The number of carbonyl (C=O) groups is 1. The van der Waals surface area contributed by atoms with Crippen molar-refractivity contribution in [1.29, 1.82) is 0 Å². The highest BCUT2D eigenvalue weighted by atomic mass is 32.2. The number of carbonyl (C=O) groups excluding carboxylic acids is 1. The van der Waals surface area contributed by atoms with E-state index in [1.165, 1.54) is 11.8 Å². The summed E-state index contributed by atoms with van der Waals surface area (Å²) >= 11 is 1.36. The molecule has 0 unspecified atom stereocenters. The summed E-state index contributed by atoms with van der Waals surface area (Å²) in [5.41, 5.74) is 3.16. The zero-order valence-corrected chi connectivity index (χ0v) is 15.8. The Balaban J connectivity index is 1.71. The zero-order chi connectivity index (χ0) is 18.0. The average molecular weight is 361 g/mol. The van der Waals surface area contributed by atoms with Crippen molar-refractivity contribution in [3.63, 3.8) is 0 Å². The molecule has 0 saturated carbocycles. The second-order valence-electron chi connectivity index (χ2n) is 6.46. The molecular weight excluding hydrogens is 338 g/mol. The van der Waals surface area contributed by atoms with Gasteiger partial charge in [-0.15, -0.1) is 5.10 Å². The van der Waals surface area contributed by atoms with Crippen LogP contribution in [0.5, 0.6) is 0 Å². The molecule has 2 aromatic rings. The summed E-state index contributed by atoms with van der Waals surface area (Å²) in [6, 6.07) is 6.07. The van der Waals surface area contributed by atoms with Crippen LogP contribution in [0, 0.1) is 13.8 Å². The maximum absolute atomic E-state index is 12.5. The molecule has 2 atom stereocenters. The normalized spacial score (nSPS) is 20.7. The van der Waals surface area contributed by atoms with E-state index in [1.807, 2.05) is 50.8 Å². The number of hydrogen-bond donors (Lipinski definition) is 0. The third-order valence-electron chi connectivity index (χ3n) is 4.19. The highest BCUT2D eigenvalue weighted by molar-refractivity contribution is 7.99. The number of rotatable bonds is 4. The molecule has 0 bridgehead atoms. The first-order valence-corrected chi connectivity index (χ1v) is 9.35. The molecule has 1 aromatic heterocycles. The van der Waals surface area contributed by atoms with Crippen molar-refractivity contribution in [2.75, 3.05) is 18.8 Å². The molecule has 1 aliphatic heterocycles. The van der Waals surface area contributed by atoms with Crippen molar-refractivity contribution in [3.05, 3.63) is 29.3 Å². The van der Waals surface area contributed by atoms with Gasteiger partial charge < -0.3 is 9.64 Å². The van der Waals surface area contributed by atoms with Gasteiger partial charge in [-0.05, 0) is 49.2 Å². The predicted octanol–water partition coefficient (Wildman–Crippen LogP) is 2.01. The minimum Gasteiger partial charge on any atom is -0.372 e. The van der Waals surface area contributed by atoms with Crippen molar-refractivity contribution in [1.82, 2.24) is 25.1 Å². The van der Waals surface area contributed by atoms with Gasteiger partial charge in [-0.3, -0.25) is 4.79 Å². The Hall–Kier alpha value is -1.93. The van der Waals surface area contributed by atoms with E-state index in [1.54, 1.807) is 4.68 Å². The molecule has 0 spiro atoms. The number of amides is 1. The topological polar surface area (TPSA) is 73.1 Å². The molecule has 0 radical (unpaired) electrons. The summed E-state index contributed by atoms with van der Waals surface area (Å²) in [6.45, 7) is 9.30. The minimum atomic E-state index is 0.0673. The number of benzene rings is 1. The fourth-order valence-corrected chi connectivity index (χ4v) is 3.93. The molecule has 7 nitrogen and oxygen atoms in total. The number of para-hydroxylation sites is 1. The van der Waals surface area contributed by atoms with Crippen molar-refractivity contribution in [2.45, 2.75) is 45.1 Å². The number of nitrogens with zero attached hydrogens (tertiary/aromatic N) is 5. The van der Waals surface area contributed by atoms with E-state index >= 15 is 0 Å². The molecule has 0 N–H and O–H groups in total. The second kappa shape index (κ2) is 7.53. The summed E-state index contributed by atoms with van der Waals surface area (Å²) in [6.07, 6.45) is 0.135. The number of hydrogen-bond acceptors (Lipinski definition) is 6. The van der Waals surface area contributed by atoms with E-state index in [4.69, 9.17) is 4.74 Å². The van der Waals surface area contributed by atoms with Crippen molar-refractivity contribution < 1.29 is 9.53 Å². The van der Waals surface area contributed by atoms with Crippen LogP contribution in [-0.2, 0) is 9.53 Å². The van der Waals surface area contributed by atoms with Crippen molar-refractivity contribution in [3.8, 4) is 5.69 Å². The third-order valence-corrected chi connectivity index (χ3v) is 5.09. The van der Waals surface area contributed by atoms with E-state index in [0.717, 1.165) is 16.8 Å².